The van der Waals surface area contributed by atoms with Crippen LogP contribution in [0.2, 0.25) is 5.02 Å². The molecule has 2 heterocycles. The summed E-state index contributed by atoms with van der Waals surface area (Å²) in [5.41, 5.74) is 5.17. The maximum atomic E-state index is 14.6. The number of benzene rings is 2. The highest BCUT2D eigenvalue weighted by Crippen LogP contribution is 2.31. The largest absolute Gasteiger partial charge is 0.442 e. The van der Waals surface area contributed by atoms with Gasteiger partial charge in [-0.15, -0.1) is 0 Å². The second-order valence-electron chi connectivity index (χ2n) is 10.2. The second-order valence-corrected chi connectivity index (χ2v) is 10.6. The molecule has 2 aromatic rings. The van der Waals surface area contributed by atoms with Gasteiger partial charge in [-0.1, -0.05) is 35.9 Å². The van der Waals surface area contributed by atoms with Gasteiger partial charge in [0.15, 0.2) is 6.73 Å². The van der Waals surface area contributed by atoms with Crippen molar-refractivity contribution in [3.63, 3.8) is 0 Å². The molecule has 1 unspecified atom stereocenters. The fourth-order valence-electron chi connectivity index (χ4n) is 4.40. The first kappa shape index (κ1) is 29.1. The van der Waals surface area contributed by atoms with Gasteiger partial charge in [0.05, 0.1) is 0 Å². The highest BCUT2D eigenvalue weighted by molar-refractivity contribution is 6.30. The summed E-state index contributed by atoms with van der Waals surface area (Å²) in [6.45, 7) is 2.03. The monoisotopic (exact) mass is 576 g/mol. The van der Waals surface area contributed by atoms with Crippen LogP contribution in [0.15, 0.2) is 42.5 Å². The molecule has 2 aliphatic rings. The van der Waals surface area contributed by atoms with E-state index in [4.69, 9.17) is 22.1 Å². The Morgan fingerprint density at radius 2 is 1.80 bits per heavy atom. The highest BCUT2D eigenvalue weighted by atomic mass is 35.5. The number of nitrogens with zero attached hydrogens (tertiary/aromatic N) is 2. The van der Waals surface area contributed by atoms with E-state index in [1.54, 1.807) is 6.07 Å². The van der Waals surface area contributed by atoms with Crippen molar-refractivity contribution in [3.05, 3.63) is 69.7 Å². The van der Waals surface area contributed by atoms with E-state index in [-0.39, 0.29) is 31.0 Å². The first-order valence-electron chi connectivity index (χ1n) is 12.4. The van der Waals surface area contributed by atoms with Crippen LogP contribution < -0.4 is 11.1 Å². The first-order chi connectivity index (χ1) is 18.7. The summed E-state index contributed by atoms with van der Waals surface area (Å²) in [5.74, 6) is -7.74. The number of hydrogen-bond donors (Lipinski definition) is 2. The van der Waals surface area contributed by atoms with Crippen LogP contribution >= 0.6 is 11.6 Å². The molecule has 40 heavy (non-hydrogen) atoms. The Kier molecular flexibility index (Phi) is 7.95. The molecule has 0 saturated carbocycles. The maximum absolute atomic E-state index is 14.6. The van der Waals surface area contributed by atoms with E-state index < -0.39 is 59.4 Å². The van der Waals surface area contributed by atoms with Crippen LogP contribution in [0.4, 0.5) is 8.78 Å². The zero-order valence-corrected chi connectivity index (χ0v) is 22.5. The average molecular weight is 577 g/mol. The van der Waals surface area contributed by atoms with Gasteiger partial charge in [-0.25, -0.2) is 4.90 Å². The lowest BCUT2D eigenvalue weighted by molar-refractivity contribution is -0.166. The van der Waals surface area contributed by atoms with Crippen LogP contribution in [-0.4, -0.2) is 57.7 Å². The molecule has 1 atom stereocenters. The third-order valence-corrected chi connectivity index (χ3v) is 6.91. The molecule has 2 aromatic carbocycles. The summed E-state index contributed by atoms with van der Waals surface area (Å²) < 4.78 is 34.2. The van der Waals surface area contributed by atoms with Crippen LogP contribution in [-0.2, 0) is 42.9 Å². The molecule has 212 valence electrons. The number of esters is 1. The molecule has 4 rings (SSSR count). The number of hydrogen-bond acceptors (Lipinski definition) is 7. The Hall–Kier alpha value is -3.90. The standard InChI is InChI=1S/C27H27ClF2N4O6/c1-26(2,31)25(39)40-14-34-21(35)10-9-20(23(34)37)33-13-16-11-15(3-8-19(16)22(33)36)12-32-24(38)27(29,30)17-4-6-18(28)7-5-17/h3-8,11,20H,9-10,12-14,31H2,1-2H3,(H,32,38). The number of likely N-dealkylation sites (tertiary alicyclic amines) is 1. The van der Waals surface area contributed by atoms with E-state index in [0.29, 0.717) is 16.7 Å². The van der Waals surface area contributed by atoms with Crippen molar-refractivity contribution in [2.24, 2.45) is 5.73 Å². The number of carbonyl (C=O) groups excluding carboxylic acids is 5. The number of fused-ring (bicyclic) bond motifs is 1. The smallest absolute Gasteiger partial charge is 0.349 e. The molecule has 4 amide bonds. The van der Waals surface area contributed by atoms with Crippen LogP contribution in [0.25, 0.3) is 0 Å². The van der Waals surface area contributed by atoms with E-state index in [0.717, 1.165) is 17.0 Å². The predicted molar refractivity (Wildman–Crippen MR) is 138 cm³/mol. The number of imide groups is 1. The number of halogens is 3. The number of amides is 4. The number of carbonyl (C=O) groups is 5. The normalized spacial score (nSPS) is 17.6. The van der Waals surface area contributed by atoms with Gasteiger partial charge < -0.3 is 20.7 Å². The van der Waals surface area contributed by atoms with E-state index in [9.17, 15) is 32.8 Å². The average Bonchev–Trinajstić information content (AvgIpc) is 3.21. The Labute approximate surface area is 233 Å². The summed E-state index contributed by atoms with van der Waals surface area (Å²) in [5, 5.41) is 2.47. The highest BCUT2D eigenvalue weighted by Gasteiger charge is 2.44. The Morgan fingerprint density at radius 3 is 2.45 bits per heavy atom. The zero-order valence-electron chi connectivity index (χ0n) is 21.7. The van der Waals surface area contributed by atoms with E-state index in [1.165, 1.54) is 43.0 Å². The van der Waals surface area contributed by atoms with Gasteiger partial charge in [-0.05, 0) is 49.6 Å². The molecule has 0 bridgehead atoms. The van der Waals surface area contributed by atoms with Crippen molar-refractivity contribution < 1.29 is 37.5 Å². The molecule has 0 radical (unpaired) electrons. The van der Waals surface area contributed by atoms with Crippen molar-refractivity contribution in [2.45, 2.75) is 57.3 Å². The minimum atomic E-state index is -3.78. The summed E-state index contributed by atoms with van der Waals surface area (Å²) in [4.78, 5) is 64.9. The Bertz CT molecular complexity index is 1380. The number of alkyl halides is 2. The number of nitrogens with one attached hydrogen (secondary N) is 1. The van der Waals surface area contributed by atoms with Crippen molar-refractivity contribution in [1.29, 1.82) is 0 Å². The van der Waals surface area contributed by atoms with Gasteiger partial charge >= 0.3 is 11.9 Å². The molecule has 13 heteroatoms. The topological polar surface area (TPSA) is 139 Å². The minimum absolute atomic E-state index is 0.0327. The van der Waals surface area contributed by atoms with Gasteiger partial charge in [0, 0.05) is 35.7 Å². The summed E-state index contributed by atoms with van der Waals surface area (Å²) >= 11 is 5.73. The van der Waals surface area contributed by atoms with Crippen LogP contribution in [0.3, 0.4) is 0 Å². The van der Waals surface area contributed by atoms with Gasteiger partial charge in [0.2, 0.25) is 5.91 Å². The molecule has 0 spiro atoms. The Balaban J connectivity index is 1.41. The molecule has 2 aliphatic heterocycles. The van der Waals surface area contributed by atoms with Crippen LogP contribution in [0, 0.1) is 0 Å². The Morgan fingerprint density at radius 1 is 1.12 bits per heavy atom. The quantitative estimate of drug-likeness (QED) is 0.363. The minimum Gasteiger partial charge on any atom is -0.442 e. The molecule has 0 aliphatic carbocycles. The fourth-order valence-corrected chi connectivity index (χ4v) is 4.52. The number of piperidine rings is 1. The predicted octanol–water partition coefficient (Wildman–Crippen LogP) is 2.46. The van der Waals surface area contributed by atoms with Crippen molar-refractivity contribution in [3.8, 4) is 0 Å². The first-order valence-corrected chi connectivity index (χ1v) is 12.7. The molecular weight excluding hydrogens is 550 g/mol. The molecule has 1 saturated heterocycles. The van der Waals surface area contributed by atoms with Gasteiger partial charge in [-0.3, -0.25) is 24.0 Å². The molecule has 3 N–H and O–H groups in total. The molecule has 10 nitrogen and oxygen atoms in total. The van der Waals surface area contributed by atoms with Gasteiger partial charge in [-0.2, -0.15) is 8.78 Å². The second kappa shape index (κ2) is 10.9. The third kappa shape index (κ3) is 5.82. The van der Waals surface area contributed by atoms with Crippen molar-refractivity contribution in [1.82, 2.24) is 15.1 Å². The number of nitrogens with two attached hydrogens (primary N) is 1. The van der Waals surface area contributed by atoms with E-state index in [2.05, 4.69) is 5.32 Å². The van der Waals surface area contributed by atoms with Gasteiger partial charge in [0.25, 0.3) is 17.7 Å². The summed E-state index contributed by atoms with van der Waals surface area (Å²) in [7, 11) is 0. The lowest BCUT2D eigenvalue weighted by atomic mass is 10.0. The summed E-state index contributed by atoms with van der Waals surface area (Å²) in [6, 6.07) is 8.31. The number of ether oxygens (including phenoxy) is 1. The van der Waals surface area contributed by atoms with Crippen LogP contribution in [0.1, 0.15) is 53.7 Å². The van der Waals surface area contributed by atoms with Crippen LogP contribution in [0.5, 0.6) is 0 Å². The molecular formula is C27H27ClF2N4O6. The fraction of sp³-hybridized carbons (Fsp3) is 0.370. The van der Waals surface area contributed by atoms with Crippen molar-refractivity contribution >= 4 is 41.2 Å². The SMILES string of the molecule is CC(C)(N)C(=O)OCN1C(=O)CCC(N2Cc3cc(CNC(=O)C(F)(F)c4ccc(Cl)cc4)ccc3C2=O)C1=O. The zero-order chi connectivity index (χ0) is 29.4. The van der Waals surface area contributed by atoms with E-state index >= 15 is 0 Å². The lowest BCUT2D eigenvalue weighted by Gasteiger charge is -2.35. The molecule has 0 aromatic heterocycles. The number of rotatable bonds is 8. The lowest BCUT2D eigenvalue weighted by Crippen LogP contribution is -2.56. The maximum Gasteiger partial charge on any atom is 0.349 e. The van der Waals surface area contributed by atoms with Crippen molar-refractivity contribution in [2.75, 3.05) is 6.73 Å². The molecule has 1 fully saturated rings. The third-order valence-electron chi connectivity index (χ3n) is 6.66. The van der Waals surface area contributed by atoms with E-state index in [1.807, 2.05) is 0 Å². The summed E-state index contributed by atoms with van der Waals surface area (Å²) in [6.07, 6.45) is 0.0477. The van der Waals surface area contributed by atoms with Gasteiger partial charge in [0.1, 0.15) is 11.6 Å².